The van der Waals surface area contributed by atoms with Crippen LogP contribution in [0.25, 0.3) is 0 Å². The summed E-state index contributed by atoms with van der Waals surface area (Å²) in [7, 11) is 0. The monoisotopic (exact) mass is 168 g/mol. The lowest BCUT2D eigenvalue weighted by Gasteiger charge is -2.13. The van der Waals surface area contributed by atoms with Crippen LogP contribution in [0.2, 0.25) is 0 Å². The van der Waals surface area contributed by atoms with Crippen molar-refractivity contribution in [3.8, 4) is 0 Å². The molecule has 0 nitrogen and oxygen atoms in total. The van der Waals surface area contributed by atoms with E-state index in [2.05, 4.69) is 40.7 Å². The maximum atomic E-state index is 2.38. The van der Waals surface area contributed by atoms with Crippen molar-refractivity contribution in [2.75, 3.05) is 0 Å². The first-order valence-electron chi connectivity index (χ1n) is 5.21. The first kappa shape index (κ1) is 11.7. The molecular weight excluding hydrogens is 144 g/mol. The second kappa shape index (κ2) is 6.28. The van der Waals surface area contributed by atoms with Gasteiger partial charge in [-0.15, -0.1) is 0 Å². The smallest absolute Gasteiger partial charge is 0.0257 e. The van der Waals surface area contributed by atoms with Crippen LogP contribution in [0.3, 0.4) is 0 Å². The van der Waals surface area contributed by atoms with Gasteiger partial charge in [0.1, 0.15) is 0 Å². The normalized spacial score (nSPS) is 15.4. The van der Waals surface area contributed by atoms with Crippen molar-refractivity contribution >= 4 is 0 Å². The van der Waals surface area contributed by atoms with Crippen molar-refractivity contribution in [2.24, 2.45) is 11.8 Å². The molecule has 0 N–H and O–H groups in total. The SMILES string of the molecule is CCCC(C)CC(C)C=C(C)C. The van der Waals surface area contributed by atoms with E-state index in [1.54, 1.807) is 0 Å². The standard InChI is InChI=1S/C12H24/c1-6-7-11(4)9-12(5)8-10(2)3/h8,11-12H,6-7,9H2,1-5H3. The topological polar surface area (TPSA) is 0 Å². The van der Waals surface area contributed by atoms with Gasteiger partial charge in [0, 0.05) is 0 Å². The van der Waals surface area contributed by atoms with Gasteiger partial charge < -0.3 is 0 Å². The lowest BCUT2D eigenvalue weighted by Crippen LogP contribution is -2.00. The molecule has 0 rings (SSSR count). The lowest BCUT2D eigenvalue weighted by molar-refractivity contribution is 0.433. The third kappa shape index (κ3) is 6.45. The first-order chi connectivity index (χ1) is 5.56. The van der Waals surface area contributed by atoms with Crippen LogP contribution in [0.4, 0.5) is 0 Å². The molecule has 2 unspecified atom stereocenters. The van der Waals surface area contributed by atoms with Crippen molar-refractivity contribution in [3.63, 3.8) is 0 Å². The van der Waals surface area contributed by atoms with Gasteiger partial charge in [0.25, 0.3) is 0 Å². The summed E-state index contributed by atoms with van der Waals surface area (Å²) < 4.78 is 0. The summed E-state index contributed by atoms with van der Waals surface area (Å²) in [5.74, 6) is 1.65. The fourth-order valence-electron chi connectivity index (χ4n) is 1.88. The molecule has 0 saturated heterocycles. The zero-order valence-electron chi connectivity index (χ0n) is 9.35. The minimum Gasteiger partial charge on any atom is -0.0830 e. The Hall–Kier alpha value is -0.260. The summed E-state index contributed by atoms with van der Waals surface area (Å²) in [6, 6.07) is 0. The summed E-state index contributed by atoms with van der Waals surface area (Å²) in [5, 5.41) is 0. The molecule has 0 aromatic rings. The van der Waals surface area contributed by atoms with E-state index in [0.29, 0.717) is 0 Å². The Balaban J connectivity index is 3.68. The molecule has 0 bridgehead atoms. The molecule has 0 aliphatic heterocycles. The van der Waals surface area contributed by atoms with Crippen molar-refractivity contribution in [2.45, 2.75) is 53.9 Å². The van der Waals surface area contributed by atoms with E-state index < -0.39 is 0 Å². The summed E-state index contributed by atoms with van der Waals surface area (Å²) >= 11 is 0. The summed E-state index contributed by atoms with van der Waals surface area (Å²) in [4.78, 5) is 0. The Morgan fingerprint density at radius 2 is 1.83 bits per heavy atom. The van der Waals surface area contributed by atoms with Crippen LogP contribution in [-0.4, -0.2) is 0 Å². The fraction of sp³-hybridized carbons (Fsp3) is 0.833. The molecule has 0 aromatic heterocycles. The van der Waals surface area contributed by atoms with Gasteiger partial charge in [-0.05, 0) is 32.1 Å². The number of rotatable bonds is 5. The molecule has 0 amide bonds. The Morgan fingerprint density at radius 1 is 1.25 bits per heavy atom. The van der Waals surface area contributed by atoms with E-state index in [4.69, 9.17) is 0 Å². The van der Waals surface area contributed by atoms with Gasteiger partial charge in [-0.25, -0.2) is 0 Å². The van der Waals surface area contributed by atoms with E-state index in [1.165, 1.54) is 24.8 Å². The van der Waals surface area contributed by atoms with E-state index in [1.807, 2.05) is 0 Å². The highest BCUT2D eigenvalue weighted by molar-refractivity contribution is 4.96. The highest BCUT2D eigenvalue weighted by atomic mass is 14.1. The van der Waals surface area contributed by atoms with Gasteiger partial charge in [-0.1, -0.05) is 45.3 Å². The summed E-state index contributed by atoms with van der Waals surface area (Å²) in [6.45, 7) is 11.3. The summed E-state index contributed by atoms with van der Waals surface area (Å²) in [5.41, 5.74) is 1.45. The number of allylic oxidation sites excluding steroid dienone is 2. The number of hydrogen-bond acceptors (Lipinski definition) is 0. The predicted octanol–water partition coefficient (Wildman–Crippen LogP) is 4.42. The Bertz CT molecular complexity index is 129. The van der Waals surface area contributed by atoms with Crippen molar-refractivity contribution in [3.05, 3.63) is 11.6 Å². The summed E-state index contributed by atoms with van der Waals surface area (Å²) in [6.07, 6.45) is 6.43. The van der Waals surface area contributed by atoms with Crippen LogP contribution < -0.4 is 0 Å². The van der Waals surface area contributed by atoms with Crippen molar-refractivity contribution in [1.82, 2.24) is 0 Å². The molecule has 0 aromatic carbocycles. The third-order valence-corrected chi connectivity index (χ3v) is 2.17. The molecule has 0 saturated carbocycles. The number of hydrogen-bond donors (Lipinski definition) is 0. The molecule has 0 spiro atoms. The van der Waals surface area contributed by atoms with E-state index in [9.17, 15) is 0 Å². The minimum absolute atomic E-state index is 0.761. The van der Waals surface area contributed by atoms with Crippen LogP contribution in [0.15, 0.2) is 11.6 Å². The second-order valence-electron chi connectivity index (χ2n) is 4.35. The van der Waals surface area contributed by atoms with E-state index in [0.717, 1.165) is 11.8 Å². The molecule has 0 radical (unpaired) electrons. The maximum Gasteiger partial charge on any atom is -0.0257 e. The first-order valence-corrected chi connectivity index (χ1v) is 5.21. The molecule has 0 aliphatic carbocycles. The molecule has 72 valence electrons. The van der Waals surface area contributed by atoms with Gasteiger partial charge in [-0.3, -0.25) is 0 Å². The molecule has 12 heavy (non-hydrogen) atoms. The van der Waals surface area contributed by atoms with Crippen LogP contribution in [0.1, 0.15) is 53.9 Å². The largest absolute Gasteiger partial charge is 0.0830 e. The van der Waals surface area contributed by atoms with Crippen LogP contribution in [0, 0.1) is 11.8 Å². The molecule has 0 heteroatoms. The van der Waals surface area contributed by atoms with Crippen molar-refractivity contribution in [1.29, 1.82) is 0 Å². The van der Waals surface area contributed by atoms with Crippen LogP contribution in [-0.2, 0) is 0 Å². The average Bonchev–Trinajstić information content (AvgIpc) is 1.84. The molecular formula is C12H24. The Kier molecular flexibility index (Phi) is 6.14. The van der Waals surface area contributed by atoms with Gasteiger partial charge in [0.15, 0.2) is 0 Å². The average molecular weight is 168 g/mol. The quantitative estimate of drug-likeness (QED) is 0.533. The fourth-order valence-corrected chi connectivity index (χ4v) is 1.88. The van der Waals surface area contributed by atoms with E-state index >= 15 is 0 Å². The van der Waals surface area contributed by atoms with Gasteiger partial charge in [0.05, 0.1) is 0 Å². The predicted molar refractivity (Wildman–Crippen MR) is 57.3 cm³/mol. The third-order valence-electron chi connectivity index (χ3n) is 2.17. The van der Waals surface area contributed by atoms with Gasteiger partial charge in [-0.2, -0.15) is 0 Å². The second-order valence-corrected chi connectivity index (χ2v) is 4.35. The maximum absolute atomic E-state index is 2.38. The van der Waals surface area contributed by atoms with Gasteiger partial charge >= 0.3 is 0 Å². The zero-order valence-corrected chi connectivity index (χ0v) is 9.35. The highest BCUT2D eigenvalue weighted by Gasteiger charge is 2.04. The van der Waals surface area contributed by atoms with Crippen LogP contribution >= 0.6 is 0 Å². The van der Waals surface area contributed by atoms with Crippen LogP contribution in [0.5, 0.6) is 0 Å². The Labute approximate surface area is 78.1 Å². The van der Waals surface area contributed by atoms with Gasteiger partial charge in [0.2, 0.25) is 0 Å². The zero-order chi connectivity index (χ0) is 9.56. The lowest BCUT2D eigenvalue weighted by atomic mass is 9.93. The van der Waals surface area contributed by atoms with E-state index in [-0.39, 0.29) is 0 Å². The Morgan fingerprint density at radius 3 is 2.25 bits per heavy atom. The molecule has 0 heterocycles. The molecule has 0 fully saturated rings. The molecule has 0 aliphatic rings. The molecule has 2 atom stereocenters. The van der Waals surface area contributed by atoms with Crippen molar-refractivity contribution < 1.29 is 0 Å². The highest BCUT2D eigenvalue weighted by Crippen LogP contribution is 2.18. The minimum atomic E-state index is 0.761.